The molecule has 0 radical (unpaired) electrons. The van der Waals surface area contributed by atoms with Gasteiger partial charge in [-0.15, -0.1) is 0 Å². The number of Topliss-reactive ketones (excluding diaryl/α,β-unsaturated/α-hetero) is 1. The predicted octanol–water partition coefficient (Wildman–Crippen LogP) is 5.84. The fourth-order valence-corrected chi connectivity index (χ4v) is 8.26. The van der Waals surface area contributed by atoms with Crippen LogP contribution in [0.15, 0.2) is 69.6 Å². The molecule has 2 heterocycles. The van der Waals surface area contributed by atoms with Crippen molar-refractivity contribution < 1.29 is 87.6 Å². The number of carbonyl (C=O) groups excluding carboxylic acids is 7. The minimum Gasteiger partial charge on any atom is -1.00 e. The van der Waals surface area contributed by atoms with Crippen LogP contribution in [0.1, 0.15) is 112 Å². The van der Waals surface area contributed by atoms with Gasteiger partial charge in [0, 0.05) is 73.1 Å². The van der Waals surface area contributed by atoms with Gasteiger partial charge in [-0.1, -0.05) is 87.9 Å². The van der Waals surface area contributed by atoms with Gasteiger partial charge in [0.1, 0.15) is 12.4 Å². The Hall–Kier alpha value is -2.82. The monoisotopic (exact) mass is 1020 g/mol. The third kappa shape index (κ3) is 21.7. The van der Waals surface area contributed by atoms with Gasteiger partial charge < -0.3 is 34.5 Å². The molecule has 338 valence electrons. The Labute approximate surface area is 406 Å². The molecule has 0 N–H and O–H groups in total. The molecule has 0 aromatic heterocycles. The molecule has 62 heavy (non-hydrogen) atoms. The van der Waals surface area contributed by atoms with Crippen molar-refractivity contribution in [1.82, 2.24) is 9.80 Å². The summed E-state index contributed by atoms with van der Waals surface area (Å²) in [5.41, 5.74) is 1.10. The molecular weight excluding hydrogens is 962 g/mol. The zero-order valence-corrected chi connectivity index (χ0v) is 42.6. The van der Waals surface area contributed by atoms with E-state index in [0.29, 0.717) is 56.3 Å². The molecule has 0 saturated carbocycles. The molecule has 2 fully saturated rings. The quantitative estimate of drug-likeness (QED) is 0.0248. The number of ether oxygens (including phenoxy) is 2. The predicted molar refractivity (Wildman–Crippen MR) is 239 cm³/mol. The molecule has 2 aromatic rings. The second kappa shape index (κ2) is 31.9. The fraction of sp³-hybridized carbons (Fsp3) is 0.523. The second-order valence-electron chi connectivity index (χ2n) is 14.3. The SMILES string of the molecule is COC(=O)CCCCCCN1C(=O)CC[C@@H]1/C=C/C(=O)c1cccc(Br)c1.COC(=O)CCCCCCN1C(=O)CC[C@@H]1C=O.COP(=O)(CC(=O)c1cccc(Br)c1)OC.[H-].[Na+]. The number of likely N-dealkylation sites (tertiary alicyclic amines) is 2. The van der Waals surface area contributed by atoms with Crippen molar-refractivity contribution in [2.75, 3.05) is 47.7 Å². The number of nitrogens with zero attached hydrogens (tertiary/aromatic N) is 2. The number of carbonyl (C=O) groups is 7. The first-order chi connectivity index (χ1) is 29.2. The van der Waals surface area contributed by atoms with Crippen molar-refractivity contribution in [3.05, 3.63) is 80.8 Å². The Balaban J connectivity index is 0.000000941. The van der Waals surface area contributed by atoms with Gasteiger partial charge in [0.2, 0.25) is 11.8 Å². The maximum Gasteiger partial charge on any atom is 1.00 e. The van der Waals surface area contributed by atoms with Crippen LogP contribution >= 0.6 is 39.5 Å². The number of unbranched alkanes of at least 4 members (excludes halogenated alkanes) is 6. The summed E-state index contributed by atoms with van der Waals surface area (Å²) in [4.78, 5) is 84.0. The van der Waals surface area contributed by atoms with Gasteiger partial charge in [0.15, 0.2) is 11.6 Å². The summed E-state index contributed by atoms with van der Waals surface area (Å²) in [5.74, 6) is -0.446. The maximum absolute atomic E-state index is 12.3. The fourth-order valence-electron chi connectivity index (χ4n) is 6.52. The molecule has 4 rings (SSSR count). The molecule has 18 heteroatoms. The molecule has 2 saturated heterocycles. The number of esters is 2. The van der Waals surface area contributed by atoms with E-state index in [0.717, 1.165) is 73.0 Å². The average molecular weight is 1020 g/mol. The van der Waals surface area contributed by atoms with E-state index in [-0.39, 0.29) is 84.5 Å². The van der Waals surface area contributed by atoms with E-state index < -0.39 is 7.60 Å². The van der Waals surface area contributed by atoms with Crippen LogP contribution in [0.3, 0.4) is 0 Å². The molecule has 0 spiro atoms. The summed E-state index contributed by atoms with van der Waals surface area (Å²) in [5, 5.41) is 0. The van der Waals surface area contributed by atoms with Gasteiger partial charge in [0.25, 0.3) is 0 Å². The summed E-state index contributed by atoms with van der Waals surface area (Å²) >= 11 is 6.63. The topological polar surface area (TPSA) is 180 Å². The third-order valence-electron chi connectivity index (χ3n) is 10.0. The van der Waals surface area contributed by atoms with Crippen LogP contribution in [0.5, 0.6) is 0 Å². The molecule has 2 aliphatic rings. The summed E-state index contributed by atoms with van der Waals surface area (Å²) < 4.78 is 32.0. The number of amides is 2. The van der Waals surface area contributed by atoms with Crippen LogP contribution in [0, 0.1) is 0 Å². The minimum absolute atomic E-state index is 0. The minimum atomic E-state index is -3.28. The number of methoxy groups -OCH3 is 2. The van der Waals surface area contributed by atoms with Crippen molar-refractivity contribution in [1.29, 1.82) is 0 Å². The molecule has 0 aliphatic carbocycles. The number of allylic oxidation sites excluding steroid dienone is 1. The molecule has 2 amide bonds. The Morgan fingerprint density at radius 1 is 0.710 bits per heavy atom. The summed E-state index contributed by atoms with van der Waals surface area (Å²) in [6, 6.07) is 13.9. The third-order valence-corrected chi connectivity index (χ3v) is 12.8. The van der Waals surface area contributed by atoms with E-state index in [4.69, 9.17) is 9.05 Å². The molecule has 2 aromatic carbocycles. The van der Waals surface area contributed by atoms with Crippen molar-refractivity contribution in [2.24, 2.45) is 0 Å². The van der Waals surface area contributed by atoms with E-state index >= 15 is 0 Å². The first kappa shape index (κ1) is 57.2. The molecule has 2 atom stereocenters. The number of halogens is 2. The van der Waals surface area contributed by atoms with Crippen LogP contribution in [-0.4, -0.2) is 111 Å². The van der Waals surface area contributed by atoms with Crippen molar-refractivity contribution in [2.45, 2.75) is 102 Å². The van der Waals surface area contributed by atoms with Gasteiger partial charge in [0.05, 0.1) is 26.3 Å². The van der Waals surface area contributed by atoms with Crippen LogP contribution in [-0.2, 0) is 47.1 Å². The molecule has 0 bridgehead atoms. The van der Waals surface area contributed by atoms with E-state index in [1.54, 1.807) is 41.3 Å². The Morgan fingerprint density at radius 2 is 1.16 bits per heavy atom. The largest absolute Gasteiger partial charge is 1.00 e. The number of ketones is 2. The van der Waals surface area contributed by atoms with Crippen LogP contribution < -0.4 is 29.6 Å². The van der Waals surface area contributed by atoms with Gasteiger partial charge in [-0.2, -0.15) is 0 Å². The van der Waals surface area contributed by atoms with Gasteiger partial charge >= 0.3 is 49.1 Å². The molecule has 14 nitrogen and oxygen atoms in total. The molecular formula is C44H60Br2N2NaO12P. The van der Waals surface area contributed by atoms with E-state index in [1.807, 2.05) is 29.2 Å². The van der Waals surface area contributed by atoms with E-state index in [2.05, 4.69) is 41.3 Å². The Morgan fingerprint density at radius 3 is 1.63 bits per heavy atom. The smallest absolute Gasteiger partial charge is 1.00 e. The van der Waals surface area contributed by atoms with Gasteiger partial charge in [-0.05, 0) is 68.9 Å². The molecule has 0 unspecified atom stereocenters. The van der Waals surface area contributed by atoms with Crippen LogP contribution in [0.25, 0.3) is 0 Å². The van der Waals surface area contributed by atoms with Crippen molar-refractivity contribution in [3.63, 3.8) is 0 Å². The number of rotatable bonds is 23. The number of benzene rings is 2. The van der Waals surface area contributed by atoms with Crippen molar-refractivity contribution >= 4 is 81.1 Å². The number of hydrogen-bond donors (Lipinski definition) is 0. The van der Waals surface area contributed by atoms with Gasteiger partial charge in [-0.25, -0.2) is 0 Å². The zero-order chi connectivity index (χ0) is 45.2. The Kier molecular flexibility index (Phi) is 29.5. The average Bonchev–Trinajstić information content (AvgIpc) is 3.81. The number of hydrogen-bond acceptors (Lipinski definition) is 12. The zero-order valence-electron chi connectivity index (χ0n) is 37.5. The van der Waals surface area contributed by atoms with E-state index in [9.17, 15) is 38.1 Å². The summed E-state index contributed by atoms with van der Waals surface area (Å²) in [6.45, 7) is 1.34. The summed E-state index contributed by atoms with van der Waals surface area (Å²) in [7, 11) is 2.03. The van der Waals surface area contributed by atoms with E-state index in [1.165, 1.54) is 28.4 Å². The maximum atomic E-state index is 12.3. The first-order valence-corrected chi connectivity index (χ1v) is 23.7. The van der Waals surface area contributed by atoms with Gasteiger partial charge in [-0.3, -0.25) is 33.3 Å². The Bertz CT molecular complexity index is 1850. The van der Waals surface area contributed by atoms with Crippen LogP contribution in [0.4, 0.5) is 0 Å². The second-order valence-corrected chi connectivity index (χ2v) is 18.4. The summed E-state index contributed by atoms with van der Waals surface area (Å²) in [6.07, 6.45) is 14.6. The standard InChI is InChI=1S/C21H26BrNO4.C13H21NO4.C10H12BrO4P.Na.H/c1-27-21(26)9-4-2-3-5-14-23-18(11-13-20(23)25)10-12-19(24)16-7-6-8-17(22)15-16;1-18-13(17)6-4-2-3-5-9-14-11(10-15)7-8-12(14)16;1-14-16(13,15-2)7-10(12)8-4-3-5-9(11)6-8;;/h6-8,10,12,15,18H,2-5,9,11,13-14H2,1H3;10-11H,2-9H2,1H3;3-6H,7H2,1-2H3;;/q;;;+1;-1/b12-10+;;;;/t18-;11-;;;/m01.../s1. The molecule has 2 aliphatic heterocycles. The normalized spacial score (nSPS) is 15.8. The van der Waals surface area contributed by atoms with Crippen LogP contribution in [0.2, 0.25) is 0 Å². The number of aldehydes is 1. The van der Waals surface area contributed by atoms with Crippen molar-refractivity contribution in [3.8, 4) is 0 Å². The first-order valence-electron chi connectivity index (χ1n) is 20.4.